The lowest BCUT2D eigenvalue weighted by Gasteiger charge is -2.29. The fraction of sp³-hybridized carbons (Fsp3) is 0.375. The molecule has 162 valence electrons. The first kappa shape index (κ1) is 20.9. The summed E-state index contributed by atoms with van der Waals surface area (Å²) in [7, 11) is 0. The number of carbonyl (C=O) groups is 3. The van der Waals surface area contributed by atoms with Gasteiger partial charge in [-0.05, 0) is 75.9 Å². The fourth-order valence-electron chi connectivity index (χ4n) is 4.13. The molecule has 2 aromatic rings. The Morgan fingerprint density at radius 1 is 1.10 bits per heavy atom. The number of hydrogen-bond donors (Lipinski definition) is 2. The van der Waals surface area contributed by atoms with Crippen LogP contribution >= 0.6 is 0 Å². The lowest BCUT2D eigenvalue weighted by Crippen LogP contribution is -2.48. The van der Waals surface area contributed by atoms with E-state index in [0.717, 1.165) is 34.8 Å². The summed E-state index contributed by atoms with van der Waals surface area (Å²) in [6.45, 7) is 5.31. The Balaban J connectivity index is 1.47. The molecule has 2 fully saturated rings. The van der Waals surface area contributed by atoms with E-state index in [-0.39, 0.29) is 30.3 Å². The van der Waals surface area contributed by atoms with Crippen LogP contribution in [0.1, 0.15) is 33.6 Å². The lowest BCUT2D eigenvalue weighted by molar-refractivity contribution is -0.134. The Morgan fingerprint density at radius 2 is 1.71 bits per heavy atom. The number of rotatable bonds is 7. The number of anilines is 3. The minimum absolute atomic E-state index is 0.129. The second-order valence-corrected chi connectivity index (χ2v) is 8.69. The van der Waals surface area contributed by atoms with Gasteiger partial charge in [0.15, 0.2) is 0 Å². The lowest BCUT2D eigenvalue weighted by atomic mass is 9.96. The third-order valence-electron chi connectivity index (χ3n) is 5.98. The van der Waals surface area contributed by atoms with Crippen molar-refractivity contribution in [2.45, 2.75) is 45.2 Å². The zero-order valence-corrected chi connectivity index (χ0v) is 18.1. The molecule has 1 atom stereocenters. The van der Waals surface area contributed by atoms with Crippen molar-refractivity contribution in [1.82, 2.24) is 10.2 Å². The van der Waals surface area contributed by atoms with Crippen molar-refractivity contribution in [2.24, 2.45) is 5.92 Å². The molecule has 1 aliphatic heterocycles. The highest BCUT2D eigenvalue weighted by Gasteiger charge is 2.56. The molecule has 1 saturated heterocycles. The van der Waals surface area contributed by atoms with Crippen molar-refractivity contribution in [3.8, 4) is 0 Å². The van der Waals surface area contributed by atoms with Gasteiger partial charge in [-0.1, -0.05) is 18.2 Å². The van der Waals surface area contributed by atoms with E-state index >= 15 is 0 Å². The van der Waals surface area contributed by atoms with Gasteiger partial charge in [0.2, 0.25) is 5.91 Å². The second-order valence-electron chi connectivity index (χ2n) is 8.69. The maximum atomic E-state index is 13.1. The smallest absolute Gasteiger partial charge is 0.325 e. The van der Waals surface area contributed by atoms with E-state index in [9.17, 15) is 14.4 Å². The number of nitrogens with one attached hydrogen (secondary N) is 2. The third kappa shape index (κ3) is 4.13. The normalized spacial score (nSPS) is 20.7. The van der Waals surface area contributed by atoms with Gasteiger partial charge in [-0.2, -0.15) is 0 Å². The maximum absolute atomic E-state index is 13.1. The molecule has 7 nitrogen and oxygen atoms in total. The first-order chi connectivity index (χ1) is 14.8. The molecule has 4 rings (SSSR count). The molecule has 1 heterocycles. The second kappa shape index (κ2) is 8.06. The quantitative estimate of drug-likeness (QED) is 0.666. The Labute approximate surface area is 182 Å². The zero-order valence-electron chi connectivity index (χ0n) is 18.1. The summed E-state index contributed by atoms with van der Waals surface area (Å²) in [4.78, 5) is 41.1. The fourth-order valence-corrected chi connectivity index (χ4v) is 4.13. The SMILES string of the molecule is CC(C)N(C(=O)CN1C(=O)NC(C)(C2CC2)C1=O)c1ccc(Nc2ccccc2)cc1. The monoisotopic (exact) mass is 420 g/mol. The number of amides is 4. The Kier molecular flexibility index (Phi) is 5.43. The highest BCUT2D eigenvalue weighted by Crippen LogP contribution is 2.42. The van der Waals surface area contributed by atoms with Gasteiger partial charge in [-0.25, -0.2) is 4.79 Å². The van der Waals surface area contributed by atoms with Crippen molar-refractivity contribution < 1.29 is 14.4 Å². The molecule has 4 amide bonds. The molecule has 2 N–H and O–H groups in total. The molecule has 31 heavy (non-hydrogen) atoms. The molecule has 0 radical (unpaired) electrons. The summed E-state index contributed by atoms with van der Waals surface area (Å²) in [5.74, 6) is -0.434. The third-order valence-corrected chi connectivity index (χ3v) is 5.98. The van der Waals surface area contributed by atoms with E-state index in [1.54, 1.807) is 11.8 Å². The number of hydrogen-bond acceptors (Lipinski definition) is 4. The van der Waals surface area contributed by atoms with Gasteiger partial charge in [0.05, 0.1) is 0 Å². The zero-order chi connectivity index (χ0) is 22.2. The van der Waals surface area contributed by atoms with Gasteiger partial charge >= 0.3 is 6.03 Å². The highest BCUT2D eigenvalue weighted by atomic mass is 16.2. The molecule has 7 heteroatoms. The predicted molar refractivity (Wildman–Crippen MR) is 120 cm³/mol. The molecule has 2 aromatic carbocycles. The topological polar surface area (TPSA) is 81.8 Å². The molecular formula is C24H28N4O3. The maximum Gasteiger partial charge on any atom is 0.325 e. The van der Waals surface area contributed by atoms with Crippen molar-refractivity contribution in [1.29, 1.82) is 0 Å². The first-order valence-electron chi connectivity index (χ1n) is 10.7. The summed E-state index contributed by atoms with van der Waals surface area (Å²) >= 11 is 0. The van der Waals surface area contributed by atoms with E-state index in [1.807, 2.05) is 68.4 Å². The van der Waals surface area contributed by atoms with Gasteiger partial charge in [0.1, 0.15) is 12.1 Å². The average molecular weight is 421 g/mol. The first-order valence-corrected chi connectivity index (χ1v) is 10.7. The Hall–Kier alpha value is -3.35. The van der Waals surface area contributed by atoms with Crippen LogP contribution in [0.4, 0.5) is 21.9 Å². The van der Waals surface area contributed by atoms with Crippen LogP contribution in [0.2, 0.25) is 0 Å². The highest BCUT2D eigenvalue weighted by molar-refractivity contribution is 6.10. The molecule has 0 spiro atoms. The molecule has 1 aliphatic carbocycles. The van der Waals surface area contributed by atoms with Crippen LogP contribution in [0.25, 0.3) is 0 Å². The number of carbonyl (C=O) groups excluding carboxylic acids is 3. The number of urea groups is 1. The van der Waals surface area contributed by atoms with Crippen LogP contribution in [0.3, 0.4) is 0 Å². The number of para-hydroxylation sites is 1. The Morgan fingerprint density at radius 3 is 2.29 bits per heavy atom. The summed E-state index contributed by atoms with van der Waals surface area (Å²) in [6.07, 6.45) is 1.84. The van der Waals surface area contributed by atoms with E-state index in [0.29, 0.717) is 0 Å². The number of nitrogens with zero attached hydrogens (tertiary/aromatic N) is 2. The van der Waals surface area contributed by atoms with Gasteiger partial charge < -0.3 is 15.5 Å². The van der Waals surface area contributed by atoms with Crippen LogP contribution in [0, 0.1) is 5.92 Å². The van der Waals surface area contributed by atoms with Gasteiger partial charge in [0.25, 0.3) is 5.91 Å². The molecule has 1 unspecified atom stereocenters. The van der Waals surface area contributed by atoms with E-state index in [4.69, 9.17) is 0 Å². The summed E-state index contributed by atoms with van der Waals surface area (Å²) in [6, 6.07) is 16.8. The van der Waals surface area contributed by atoms with Gasteiger partial charge in [-0.3, -0.25) is 14.5 Å². The van der Waals surface area contributed by atoms with Crippen LogP contribution in [-0.2, 0) is 9.59 Å². The summed E-state index contributed by atoms with van der Waals surface area (Å²) in [5, 5.41) is 6.11. The van der Waals surface area contributed by atoms with E-state index < -0.39 is 11.6 Å². The van der Waals surface area contributed by atoms with Crippen LogP contribution in [0.15, 0.2) is 54.6 Å². The molecule has 0 bridgehead atoms. The van der Waals surface area contributed by atoms with Gasteiger partial charge in [-0.15, -0.1) is 0 Å². The van der Waals surface area contributed by atoms with Crippen LogP contribution in [-0.4, -0.2) is 40.9 Å². The minimum atomic E-state index is -0.884. The largest absolute Gasteiger partial charge is 0.356 e. The summed E-state index contributed by atoms with van der Waals surface area (Å²) in [5.41, 5.74) is 1.71. The van der Waals surface area contributed by atoms with Crippen molar-refractivity contribution in [3.05, 3.63) is 54.6 Å². The van der Waals surface area contributed by atoms with Crippen LogP contribution in [0.5, 0.6) is 0 Å². The molecule has 1 saturated carbocycles. The van der Waals surface area contributed by atoms with Crippen molar-refractivity contribution >= 4 is 34.9 Å². The van der Waals surface area contributed by atoms with Crippen molar-refractivity contribution in [2.75, 3.05) is 16.8 Å². The van der Waals surface area contributed by atoms with Crippen molar-refractivity contribution in [3.63, 3.8) is 0 Å². The van der Waals surface area contributed by atoms with E-state index in [1.165, 1.54) is 0 Å². The van der Waals surface area contributed by atoms with E-state index in [2.05, 4.69) is 10.6 Å². The number of imide groups is 1. The average Bonchev–Trinajstić information content (AvgIpc) is 3.56. The molecular weight excluding hydrogens is 392 g/mol. The number of benzene rings is 2. The predicted octanol–water partition coefficient (Wildman–Crippen LogP) is 3.89. The minimum Gasteiger partial charge on any atom is -0.356 e. The van der Waals surface area contributed by atoms with Gasteiger partial charge in [0, 0.05) is 23.1 Å². The molecule has 0 aromatic heterocycles. The van der Waals surface area contributed by atoms with Crippen LogP contribution < -0.4 is 15.5 Å². The standard InChI is InChI=1S/C24H28N4O3/c1-16(2)28(20-13-11-19(12-14-20)25-18-7-5-4-6-8-18)21(29)15-27-22(30)24(3,17-9-10-17)26-23(27)31/h4-8,11-14,16-17,25H,9-10,15H2,1-3H3,(H,26,31). The molecule has 2 aliphatic rings. The Bertz CT molecular complexity index is 986. The summed E-state index contributed by atoms with van der Waals surface area (Å²) < 4.78 is 0.